The van der Waals surface area contributed by atoms with Gasteiger partial charge in [0.1, 0.15) is 12.4 Å². The molecule has 0 amide bonds. The Kier molecular flexibility index (Phi) is 4.78. The highest BCUT2D eigenvalue weighted by molar-refractivity contribution is 6.30. The van der Waals surface area contributed by atoms with Crippen molar-refractivity contribution in [1.29, 1.82) is 0 Å². The average molecular weight is 309 g/mol. The quantitative estimate of drug-likeness (QED) is 0.368. The fraction of sp³-hybridized carbons (Fsp3) is 0.154. The van der Waals surface area contributed by atoms with Crippen LogP contribution in [0.4, 0.5) is 17.2 Å². The van der Waals surface area contributed by atoms with Crippen LogP contribution in [0.3, 0.4) is 0 Å². The average Bonchev–Trinajstić information content (AvgIpc) is 2.46. The fourth-order valence-electron chi connectivity index (χ4n) is 1.61. The van der Waals surface area contributed by atoms with Crippen LogP contribution in [0.5, 0.6) is 5.75 Å². The van der Waals surface area contributed by atoms with E-state index in [1.54, 1.807) is 24.3 Å². The number of ether oxygens (including phenoxy) is 1. The molecule has 0 fully saturated rings. The van der Waals surface area contributed by atoms with Gasteiger partial charge in [-0.15, -0.1) is 0 Å². The number of hydrogen-bond acceptors (Lipinski definition) is 6. The van der Waals surface area contributed by atoms with E-state index in [0.29, 0.717) is 24.6 Å². The van der Waals surface area contributed by atoms with Crippen molar-refractivity contribution in [3.8, 4) is 5.75 Å². The molecule has 1 aromatic carbocycles. The Morgan fingerprint density at radius 2 is 2.10 bits per heavy atom. The summed E-state index contributed by atoms with van der Waals surface area (Å²) in [6.07, 6.45) is 1.34. The van der Waals surface area contributed by atoms with Crippen LogP contribution >= 0.6 is 11.6 Å². The van der Waals surface area contributed by atoms with Gasteiger partial charge in [-0.05, 0) is 24.3 Å². The van der Waals surface area contributed by atoms with Crippen LogP contribution in [0, 0.1) is 10.1 Å². The SMILES string of the molecule is Nc1ccc(OCCNc2ncc(Cl)cc2[N+](=O)[O-])cc1. The second-order valence-corrected chi connectivity index (χ2v) is 4.56. The van der Waals surface area contributed by atoms with Crippen molar-refractivity contribution < 1.29 is 9.66 Å². The van der Waals surface area contributed by atoms with E-state index in [1.807, 2.05) is 0 Å². The maximum absolute atomic E-state index is 10.9. The summed E-state index contributed by atoms with van der Waals surface area (Å²) >= 11 is 5.69. The van der Waals surface area contributed by atoms with Crippen LogP contribution in [0.15, 0.2) is 36.5 Å². The van der Waals surface area contributed by atoms with Crippen molar-refractivity contribution in [1.82, 2.24) is 4.98 Å². The highest BCUT2D eigenvalue weighted by Crippen LogP contribution is 2.24. The van der Waals surface area contributed by atoms with E-state index >= 15 is 0 Å². The minimum atomic E-state index is -0.540. The zero-order chi connectivity index (χ0) is 15.2. The number of anilines is 2. The lowest BCUT2D eigenvalue weighted by atomic mass is 10.3. The highest BCUT2D eigenvalue weighted by atomic mass is 35.5. The standard InChI is InChI=1S/C13H13ClN4O3/c14-9-7-12(18(19)20)13(17-8-9)16-5-6-21-11-3-1-10(15)2-4-11/h1-4,7-8H,5-6,15H2,(H,16,17). The number of aromatic nitrogens is 1. The summed E-state index contributed by atoms with van der Waals surface area (Å²) in [4.78, 5) is 14.2. The predicted octanol–water partition coefficient (Wildman–Crippen LogP) is 2.72. The molecule has 0 bridgehead atoms. The Labute approximate surface area is 125 Å². The molecule has 21 heavy (non-hydrogen) atoms. The van der Waals surface area contributed by atoms with Gasteiger partial charge in [0, 0.05) is 18.0 Å². The van der Waals surface area contributed by atoms with Crippen molar-refractivity contribution in [3.05, 3.63) is 51.7 Å². The molecule has 2 rings (SSSR count). The van der Waals surface area contributed by atoms with Crippen molar-refractivity contribution in [2.45, 2.75) is 0 Å². The van der Waals surface area contributed by atoms with E-state index in [1.165, 1.54) is 12.3 Å². The zero-order valence-electron chi connectivity index (χ0n) is 11.0. The molecule has 7 nitrogen and oxygen atoms in total. The topological polar surface area (TPSA) is 103 Å². The van der Waals surface area contributed by atoms with Gasteiger partial charge in [-0.1, -0.05) is 11.6 Å². The Balaban J connectivity index is 1.89. The molecular weight excluding hydrogens is 296 g/mol. The number of rotatable bonds is 6. The van der Waals surface area contributed by atoms with Crippen molar-refractivity contribution in [3.63, 3.8) is 0 Å². The van der Waals surface area contributed by atoms with Crippen LogP contribution in [0.2, 0.25) is 5.02 Å². The van der Waals surface area contributed by atoms with Gasteiger partial charge in [-0.2, -0.15) is 0 Å². The molecule has 1 heterocycles. The summed E-state index contributed by atoms with van der Waals surface area (Å²) in [5.41, 5.74) is 6.05. The Bertz CT molecular complexity index is 634. The lowest BCUT2D eigenvalue weighted by molar-refractivity contribution is -0.384. The number of benzene rings is 1. The van der Waals surface area contributed by atoms with E-state index < -0.39 is 4.92 Å². The monoisotopic (exact) mass is 308 g/mol. The van der Waals surface area contributed by atoms with Crippen LogP contribution in [-0.2, 0) is 0 Å². The van der Waals surface area contributed by atoms with Gasteiger partial charge in [-0.3, -0.25) is 10.1 Å². The van der Waals surface area contributed by atoms with Gasteiger partial charge in [0.25, 0.3) is 0 Å². The zero-order valence-corrected chi connectivity index (χ0v) is 11.7. The lowest BCUT2D eigenvalue weighted by Crippen LogP contribution is -2.13. The number of nitrogens with one attached hydrogen (secondary N) is 1. The van der Waals surface area contributed by atoms with E-state index in [4.69, 9.17) is 22.1 Å². The largest absolute Gasteiger partial charge is 0.492 e. The number of nitrogens with zero attached hydrogens (tertiary/aromatic N) is 2. The number of pyridine rings is 1. The molecule has 8 heteroatoms. The molecule has 110 valence electrons. The van der Waals surface area contributed by atoms with Crippen LogP contribution < -0.4 is 15.8 Å². The number of nitrogens with two attached hydrogens (primary N) is 1. The molecule has 3 N–H and O–H groups in total. The Morgan fingerprint density at radius 3 is 2.76 bits per heavy atom. The molecule has 0 atom stereocenters. The predicted molar refractivity (Wildman–Crippen MR) is 80.7 cm³/mol. The highest BCUT2D eigenvalue weighted by Gasteiger charge is 2.15. The first kappa shape index (κ1) is 14.9. The molecule has 0 aliphatic rings. The Hall–Kier alpha value is -2.54. The van der Waals surface area contributed by atoms with Gasteiger partial charge in [0.05, 0.1) is 16.5 Å². The molecule has 0 spiro atoms. The van der Waals surface area contributed by atoms with E-state index in [9.17, 15) is 10.1 Å². The summed E-state index contributed by atoms with van der Waals surface area (Å²) < 4.78 is 5.47. The number of hydrogen-bond donors (Lipinski definition) is 2. The number of nitro groups is 1. The van der Waals surface area contributed by atoms with Gasteiger partial charge < -0.3 is 15.8 Å². The third-order valence-corrected chi connectivity index (χ3v) is 2.78. The molecule has 1 aromatic heterocycles. The first-order valence-corrected chi connectivity index (χ1v) is 6.46. The normalized spacial score (nSPS) is 10.1. The van der Waals surface area contributed by atoms with Crippen molar-refractivity contribution in [2.24, 2.45) is 0 Å². The lowest BCUT2D eigenvalue weighted by Gasteiger charge is -2.08. The third-order valence-electron chi connectivity index (χ3n) is 2.57. The van der Waals surface area contributed by atoms with Crippen molar-refractivity contribution >= 4 is 28.8 Å². The molecule has 2 aromatic rings. The first-order valence-electron chi connectivity index (χ1n) is 6.08. The van der Waals surface area contributed by atoms with E-state index in [0.717, 1.165) is 0 Å². The van der Waals surface area contributed by atoms with Gasteiger partial charge in [0.2, 0.25) is 5.82 Å². The second-order valence-electron chi connectivity index (χ2n) is 4.12. The molecule has 0 aliphatic heterocycles. The second kappa shape index (κ2) is 6.76. The van der Waals surface area contributed by atoms with Gasteiger partial charge in [-0.25, -0.2) is 4.98 Å². The first-order chi connectivity index (χ1) is 10.1. The minimum absolute atomic E-state index is 0.158. The summed E-state index contributed by atoms with van der Waals surface area (Å²) in [5.74, 6) is 0.829. The minimum Gasteiger partial charge on any atom is -0.492 e. The molecule has 0 radical (unpaired) electrons. The van der Waals surface area contributed by atoms with Gasteiger partial charge in [0.15, 0.2) is 0 Å². The summed E-state index contributed by atoms with van der Waals surface area (Å²) in [5, 5.41) is 13.9. The summed E-state index contributed by atoms with van der Waals surface area (Å²) in [6.45, 7) is 0.686. The maximum Gasteiger partial charge on any atom is 0.312 e. The summed E-state index contributed by atoms with van der Waals surface area (Å²) in [6, 6.07) is 8.21. The van der Waals surface area contributed by atoms with Crippen LogP contribution in [-0.4, -0.2) is 23.1 Å². The summed E-state index contributed by atoms with van der Waals surface area (Å²) in [7, 11) is 0. The number of halogens is 1. The maximum atomic E-state index is 10.9. The molecule has 0 aliphatic carbocycles. The number of nitrogen functional groups attached to an aromatic ring is 1. The van der Waals surface area contributed by atoms with E-state index in [-0.39, 0.29) is 16.5 Å². The van der Waals surface area contributed by atoms with E-state index in [2.05, 4.69) is 10.3 Å². The molecule has 0 saturated heterocycles. The van der Waals surface area contributed by atoms with Crippen LogP contribution in [0.25, 0.3) is 0 Å². The van der Waals surface area contributed by atoms with Crippen molar-refractivity contribution in [2.75, 3.05) is 24.2 Å². The Morgan fingerprint density at radius 1 is 1.38 bits per heavy atom. The van der Waals surface area contributed by atoms with Crippen LogP contribution in [0.1, 0.15) is 0 Å². The smallest absolute Gasteiger partial charge is 0.312 e. The fourth-order valence-corrected chi connectivity index (χ4v) is 1.76. The third kappa shape index (κ3) is 4.22. The molecular formula is C13H13ClN4O3. The van der Waals surface area contributed by atoms with Gasteiger partial charge >= 0.3 is 5.69 Å². The molecule has 0 saturated carbocycles. The molecule has 0 unspecified atom stereocenters.